The number of benzene rings is 1. The number of aromatic nitrogens is 1. The van der Waals surface area contributed by atoms with Gasteiger partial charge in [-0.1, -0.05) is 18.2 Å². The summed E-state index contributed by atoms with van der Waals surface area (Å²) in [6.45, 7) is 5.41. The zero-order chi connectivity index (χ0) is 18.3. The second kappa shape index (κ2) is 8.50. The molecule has 0 radical (unpaired) electrons. The quantitative estimate of drug-likeness (QED) is 0.639. The molecule has 0 unspecified atom stereocenters. The molecule has 2 N–H and O–H groups in total. The summed E-state index contributed by atoms with van der Waals surface area (Å²) in [5, 5.41) is 6.29. The van der Waals surface area contributed by atoms with E-state index in [1.807, 2.05) is 26.0 Å². The minimum Gasteiger partial charge on any atom is -0.357 e. The van der Waals surface area contributed by atoms with Crippen LogP contribution in [-0.2, 0) is 19.3 Å². The third-order valence-corrected chi connectivity index (χ3v) is 3.59. The molecule has 134 valence electrons. The zero-order valence-corrected chi connectivity index (χ0v) is 14.2. The first-order valence-electron chi connectivity index (χ1n) is 7.99. The van der Waals surface area contributed by atoms with E-state index in [1.165, 1.54) is 12.1 Å². The van der Waals surface area contributed by atoms with Crippen molar-refractivity contribution >= 4 is 5.96 Å². The molecular weight excluding hydrogens is 329 g/mol. The van der Waals surface area contributed by atoms with Crippen molar-refractivity contribution in [2.24, 2.45) is 4.99 Å². The van der Waals surface area contributed by atoms with E-state index in [0.717, 1.165) is 23.4 Å². The Morgan fingerprint density at radius 2 is 1.84 bits per heavy atom. The number of aliphatic imine (C=N–C) groups is 1. The summed E-state index contributed by atoms with van der Waals surface area (Å²) in [5.41, 5.74) is 2.05. The lowest BCUT2D eigenvalue weighted by Gasteiger charge is -2.12. The molecule has 25 heavy (non-hydrogen) atoms. The largest absolute Gasteiger partial charge is 0.416 e. The van der Waals surface area contributed by atoms with Gasteiger partial charge in [0.2, 0.25) is 0 Å². The average Bonchev–Trinajstić information content (AvgIpc) is 2.58. The summed E-state index contributed by atoms with van der Waals surface area (Å²) < 4.78 is 37.7. The van der Waals surface area contributed by atoms with Crippen LogP contribution in [0, 0.1) is 6.92 Å². The van der Waals surface area contributed by atoms with Crippen molar-refractivity contribution in [1.29, 1.82) is 0 Å². The van der Waals surface area contributed by atoms with Gasteiger partial charge in [-0.3, -0.25) is 4.98 Å². The molecule has 0 saturated carbocycles. The van der Waals surface area contributed by atoms with Crippen LogP contribution in [-0.4, -0.2) is 17.5 Å². The Balaban J connectivity index is 2.00. The molecule has 0 aliphatic heterocycles. The molecule has 2 rings (SSSR count). The van der Waals surface area contributed by atoms with Crippen LogP contribution in [0.15, 0.2) is 47.6 Å². The normalized spacial score (nSPS) is 12.1. The first-order chi connectivity index (χ1) is 11.9. The van der Waals surface area contributed by atoms with E-state index in [2.05, 4.69) is 20.6 Å². The van der Waals surface area contributed by atoms with Crippen LogP contribution >= 0.6 is 0 Å². The van der Waals surface area contributed by atoms with Crippen molar-refractivity contribution in [1.82, 2.24) is 15.6 Å². The van der Waals surface area contributed by atoms with Crippen molar-refractivity contribution in [2.75, 3.05) is 6.54 Å². The maximum atomic E-state index is 12.6. The van der Waals surface area contributed by atoms with Crippen molar-refractivity contribution in [3.63, 3.8) is 0 Å². The number of alkyl halides is 3. The molecule has 1 aromatic heterocycles. The van der Waals surface area contributed by atoms with E-state index in [-0.39, 0.29) is 6.54 Å². The monoisotopic (exact) mass is 350 g/mol. The summed E-state index contributed by atoms with van der Waals surface area (Å²) in [4.78, 5) is 8.72. The molecule has 0 atom stereocenters. The Labute approximate surface area is 145 Å². The first-order valence-corrected chi connectivity index (χ1v) is 7.99. The lowest BCUT2D eigenvalue weighted by molar-refractivity contribution is -0.137. The van der Waals surface area contributed by atoms with E-state index >= 15 is 0 Å². The summed E-state index contributed by atoms with van der Waals surface area (Å²) in [5.74, 6) is 0.590. The Kier molecular flexibility index (Phi) is 6.38. The SMILES string of the molecule is CCNC(=NCc1ccc(C(F)(F)F)cc1)NCc1ncccc1C. The molecule has 2 aromatic rings. The molecule has 7 heteroatoms. The van der Waals surface area contributed by atoms with Crippen molar-refractivity contribution in [3.8, 4) is 0 Å². The van der Waals surface area contributed by atoms with Gasteiger partial charge in [0.25, 0.3) is 0 Å². The number of rotatable bonds is 5. The fraction of sp³-hybridized carbons (Fsp3) is 0.333. The molecule has 0 spiro atoms. The highest BCUT2D eigenvalue weighted by molar-refractivity contribution is 5.79. The molecule has 0 aliphatic carbocycles. The summed E-state index contributed by atoms with van der Waals surface area (Å²) >= 11 is 0. The van der Waals surface area contributed by atoms with Gasteiger partial charge in [0.1, 0.15) is 0 Å². The number of hydrogen-bond donors (Lipinski definition) is 2. The predicted molar refractivity (Wildman–Crippen MR) is 92.1 cm³/mol. The average molecular weight is 350 g/mol. The van der Waals surface area contributed by atoms with Gasteiger partial charge in [0.15, 0.2) is 5.96 Å². The number of hydrogen-bond acceptors (Lipinski definition) is 2. The van der Waals surface area contributed by atoms with E-state index in [1.54, 1.807) is 6.20 Å². The Morgan fingerprint density at radius 3 is 2.44 bits per heavy atom. The van der Waals surface area contributed by atoms with Crippen LogP contribution in [0.1, 0.15) is 29.3 Å². The lowest BCUT2D eigenvalue weighted by atomic mass is 10.1. The van der Waals surface area contributed by atoms with Gasteiger partial charge in [-0.05, 0) is 43.2 Å². The van der Waals surface area contributed by atoms with Crippen molar-refractivity contribution in [2.45, 2.75) is 33.1 Å². The van der Waals surface area contributed by atoms with Gasteiger partial charge < -0.3 is 10.6 Å². The van der Waals surface area contributed by atoms with Gasteiger partial charge in [-0.2, -0.15) is 13.2 Å². The molecule has 0 amide bonds. The number of guanidine groups is 1. The van der Waals surface area contributed by atoms with Crippen LogP contribution in [0.5, 0.6) is 0 Å². The van der Waals surface area contributed by atoms with Gasteiger partial charge in [0, 0.05) is 12.7 Å². The summed E-state index contributed by atoms with van der Waals surface area (Å²) in [6.07, 6.45) is -2.59. The minimum atomic E-state index is -4.32. The smallest absolute Gasteiger partial charge is 0.357 e. The number of halogens is 3. The second-order valence-corrected chi connectivity index (χ2v) is 5.51. The van der Waals surface area contributed by atoms with Crippen LogP contribution in [0.2, 0.25) is 0 Å². The fourth-order valence-electron chi connectivity index (χ4n) is 2.18. The Bertz CT molecular complexity index is 709. The molecule has 0 saturated heterocycles. The van der Waals surface area contributed by atoms with Gasteiger partial charge >= 0.3 is 6.18 Å². The maximum Gasteiger partial charge on any atom is 0.416 e. The van der Waals surface area contributed by atoms with Gasteiger partial charge in [0.05, 0.1) is 24.3 Å². The molecule has 0 aliphatic rings. The van der Waals surface area contributed by atoms with E-state index < -0.39 is 11.7 Å². The molecule has 1 heterocycles. The molecule has 1 aromatic carbocycles. The highest BCUT2D eigenvalue weighted by Gasteiger charge is 2.29. The molecule has 4 nitrogen and oxygen atoms in total. The van der Waals surface area contributed by atoms with E-state index in [4.69, 9.17) is 0 Å². The van der Waals surface area contributed by atoms with Gasteiger partial charge in [-0.25, -0.2) is 4.99 Å². The molecule has 0 fully saturated rings. The van der Waals surface area contributed by atoms with Crippen LogP contribution in [0.25, 0.3) is 0 Å². The summed E-state index contributed by atoms with van der Waals surface area (Å²) in [7, 11) is 0. The molecular formula is C18H21F3N4. The fourth-order valence-corrected chi connectivity index (χ4v) is 2.18. The number of nitrogens with one attached hydrogen (secondary N) is 2. The van der Waals surface area contributed by atoms with E-state index in [0.29, 0.717) is 24.6 Å². The van der Waals surface area contributed by atoms with Gasteiger partial charge in [-0.15, -0.1) is 0 Å². The zero-order valence-electron chi connectivity index (χ0n) is 14.2. The lowest BCUT2D eigenvalue weighted by Crippen LogP contribution is -2.37. The number of pyridine rings is 1. The Morgan fingerprint density at radius 1 is 1.12 bits per heavy atom. The minimum absolute atomic E-state index is 0.286. The van der Waals surface area contributed by atoms with Crippen LogP contribution in [0.4, 0.5) is 13.2 Å². The first kappa shape index (κ1) is 18.8. The number of aryl methyl sites for hydroxylation is 1. The van der Waals surface area contributed by atoms with Crippen molar-refractivity contribution in [3.05, 3.63) is 65.0 Å². The highest BCUT2D eigenvalue weighted by Crippen LogP contribution is 2.29. The predicted octanol–water partition coefficient (Wildman–Crippen LogP) is 3.66. The third-order valence-electron chi connectivity index (χ3n) is 3.59. The maximum absolute atomic E-state index is 12.6. The van der Waals surface area contributed by atoms with Crippen LogP contribution < -0.4 is 10.6 Å². The number of nitrogens with zero attached hydrogens (tertiary/aromatic N) is 2. The summed E-state index contributed by atoms with van der Waals surface area (Å²) in [6, 6.07) is 8.89. The second-order valence-electron chi connectivity index (χ2n) is 5.51. The molecule has 0 bridgehead atoms. The highest BCUT2D eigenvalue weighted by atomic mass is 19.4. The standard InChI is InChI=1S/C18H21F3N4/c1-3-22-17(25-12-16-13(2)5-4-10-23-16)24-11-14-6-8-15(9-7-14)18(19,20)21/h4-10H,3,11-12H2,1-2H3,(H2,22,24,25). The topological polar surface area (TPSA) is 49.3 Å². The van der Waals surface area contributed by atoms with Crippen molar-refractivity contribution < 1.29 is 13.2 Å². The Hall–Kier alpha value is -2.57. The van der Waals surface area contributed by atoms with Crippen LogP contribution in [0.3, 0.4) is 0 Å². The third kappa shape index (κ3) is 5.77. The van der Waals surface area contributed by atoms with E-state index in [9.17, 15) is 13.2 Å².